The van der Waals surface area contributed by atoms with Crippen LogP contribution in [0.4, 0.5) is 15.8 Å². The molecule has 24 heavy (non-hydrogen) atoms. The molecule has 0 saturated carbocycles. The van der Waals surface area contributed by atoms with Crippen LogP contribution in [0.3, 0.4) is 0 Å². The number of carbonyl (C=O) groups excluding carboxylic acids is 2. The van der Waals surface area contributed by atoms with Crippen molar-refractivity contribution in [3.05, 3.63) is 59.9 Å². The fraction of sp³-hybridized carbons (Fsp3) is 0.263. The Kier molecular flexibility index (Phi) is 4.60. The van der Waals surface area contributed by atoms with Crippen LogP contribution in [0, 0.1) is 5.82 Å². The number of rotatable bonds is 2. The Morgan fingerprint density at radius 1 is 1.00 bits per heavy atom. The molecule has 3 rings (SSSR count). The average Bonchev–Trinajstić information content (AvgIpc) is 2.74. The number of anilines is 2. The van der Waals surface area contributed by atoms with Gasteiger partial charge in [-0.05, 0) is 36.2 Å². The number of amides is 2. The third-order valence-electron chi connectivity index (χ3n) is 4.15. The normalized spacial score (nSPS) is 14.1. The zero-order valence-electron chi connectivity index (χ0n) is 13.5. The van der Waals surface area contributed by atoms with E-state index in [9.17, 15) is 14.0 Å². The third-order valence-corrected chi connectivity index (χ3v) is 4.15. The zero-order chi connectivity index (χ0) is 17.1. The van der Waals surface area contributed by atoms with Gasteiger partial charge in [-0.15, -0.1) is 0 Å². The highest BCUT2D eigenvalue weighted by Crippen LogP contribution is 2.32. The maximum atomic E-state index is 13.3. The molecule has 0 aromatic heterocycles. The van der Waals surface area contributed by atoms with E-state index in [0.29, 0.717) is 25.1 Å². The topological polar surface area (TPSA) is 40.6 Å². The van der Waals surface area contributed by atoms with E-state index in [0.717, 1.165) is 11.4 Å². The lowest BCUT2D eigenvalue weighted by Crippen LogP contribution is -2.32. The average molecular weight is 326 g/mol. The van der Waals surface area contributed by atoms with E-state index in [-0.39, 0.29) is 24.1 Å². The molecule has 0 saturated heterocycles. The van der Waals surface area contributed by atoms with E-state index in [1.165, 1.54) is 19.1 Å². The van der Waals surface area contributed by atoms with Gasteiger partial charge in [-0.25, -0.2) is 4.39 Å². The third kappa shape index (κ3) is 3.30. The van der Waals surface area contributed by atoms with Crippen molar-refractivity contribution in [3.63, 3.8) is 0 Å². The predicted octanol–water partition coefficient (Wildman–Crippen LogP) is 3.16. The van der Waals surface area contributed by atoms with Gasteiger partial charge in [0, 0.05) is 20.0 Å². The molecule has 0 spiro atoms. The Bertz CT molecular complexity index is 775. The summed E-state index contributed by atoms with van der Waals surface area (Å²) < 4.78 is 13.3. The van der Waals surface area contributed by atoms with E-state index in [1.54, 1.807) is 21.9 Å². The summed E-state index contributed by atoms with van der Waals surface area (Å²) in [4.78, 5) is 28.1. The first kappa shape index (κ1) is 16.2. The molecule has 0 bridgehead atoms. The van der Waals surface area contributed by atoms with Crippen molar-refractivity contribution in [1.82, 2.24) is 0 Å². The molecule has 2 aromatic carbocycles. The van der Waals surface area contributed by atoms with Gasteiger partial charge >= 0.3 is 0 Å². The molecule has 0 N–H and O–H groups in total. The minimum absolute atomic E-state index is 0.0399. The molecular formula is C19H19FN2O2. The second-order valence-corrected chi connectivity index (χ2v) is 5.86. The molecule has 0 unspecified atom stereocenters. The molecule has 0 fully saturated rings. The van der Waals surface area contributed by atoms with Gasteiger partial charge in [-0.2, -0.15) is 0 Å². The van der Waals surface area contributed by atoms with Gasteiger partial charge in [0.1, 0.15) is 5.82 Å². The van der Waals surface area contributed by atoms with Crippen LogP contribution in [0.15, 0.2) is 48.5 Å². The zero-order valence-corrected chi connectivity index (χ0v) is 13.5. The van der Waals surface area contributed by atoms with Gasteiger partial charge in [0.2, 0.25) is 11.8 Å². The second kappa shape index (κ2) is 6.83. The van der Waals surface area contributed by atoms with E-state index in [2.05, 4.69) is 0 Å². The fourth-order valence-corrected chi connectivity index (χ4v) is 3.05. The molecule has 1 heterocycles. The number of fused-ring (bicyclic) bond motifs is 1. The maximum Gasteiger partial charge on any atom is 0.231 e. The van der Waals surface area contributed by atoms with Crippen LogP contribution in [0.25, 0.3) is 0 Å². The van der Waals surface area contributed by atoms with Crippen LogP contribution in [0.2, 0.25) is 0 Å². The quantitative estimate of drug-likeness (QED) is 0.850. The van der Waals surface area contributed by atoms with Crippen molar-refractivity contribution in [2.75, 3.05) is 22.9 Å². The Labute approximate surface area is 140 Å². The van der Waals surface area contributed by atoms with Crippen molar-refractivity contribution >= 4 is 23.2 Å². The van der Waals surface area contributed by atoms with Crippen molar-refractivity contribution in [2.24, 2.45) is 0 Å². The minimum atomic E-state index is -0.348. The maximum absolute atomic E-state index is 13.3. The van der Waals surface area contributed by atoms with E-state index >= 15 is 0 Å². The van der Waals surface area contributed by atoms with Gasteiger partial charge in [-0.1, -0.05) is 24.3 Å². The van der Waals surface area contributed by atoms with Crippen molar-refractivity contribution < 1.29 is 14.0 Å². The van der Waals surface area contributed by atoms with Gasteiger partial charge in [0.05, 0.1) is 17.8 Å². The van der Waals surface area contributed by atoms with Crippen LogP contribution in [-0.4, -0.2) is 24.9 Å². The number of hydrogen-bond donors (Lipinski definition) is 0. The summed E-state index contributed by atoms with van der Waals surface area (Å²) in [6, 6.07) is 13.5. The van der Waals surface area contributed by atoms with Gasteiger partial charge in [0.15, 0.2) is 0 Å². The molecule has 2 amide bonds. The predicted molar refractivity (Wildman–Crippen MR) is 91.5 cm³/mol. The molecule has 0 atom stereocenters. The molecule has 4 nitrogen and oxygen atoms in total. The molecule has 2 aromatic rings. The SMILES string of the molecule is CC(=O)N1CCCN(C(=O)Cc2cccc(F)c2)c2ccccc21. The van der Waals surface area contributed by atoms with Crippen LogP contribution < -0.4 is 9.80 Å². The van der Waals surface area contributed by atoms with Crippen molar-refractivity contribution in [3.8, 4) is 0 Å². The number of halogens is 1. The molecular weight excluding hydrogens is 307 g/mol. The van der Waals surface area contributed by atoms with Gasteiger partial charge in [-0.3, -0.25) is 9.59 Å². The summed E-state index contributed by atoms with van der Waals surface area (Å²) in [7, 11) is 0. The smallest absolute Gasteiger partial charge is 0.231 e. The highest BCUT2D eigenvalue weighted by molar-refractivity contribution is 6.02. The summed E-state index contributed by atoms with van der Waals surface area (Å²) in [6.45, 7) is 2.64. The monoisotopic (exact) mass is 326 g/mol. The van der Waals surface area contributed by atoms with Gasteiger partial charge in [0.25, 0.3) is 0 Å². The number of benzene rings is 2. The summed E-state index contributed by atoms with van der Waals surface area (Å²) in [5.74, 6) is -0.486. The molecule has 1 aliphatic rings. The van der Waals surface area contributed by atoms with E-state index < -0.39 is 0 Å². The second-order valence-electron chi connectivity index (χ2n) is 5.86. The van der Waals surface area contributed by atoms with Crippen molar-refractivity contribution in [2.45, 2.75) is 19.8 Å². The first-order chi connectivity index (χ1) is 11.6. The van der Waals surface area contributed by atoms with Gasteiger partial charge < -0.3 is 9.80 Å². The first-order valence-corrected chi connectivity index (χ1v) is 7.98. The van der Waals surface area contributed by atoms with Crippen LogP contribution in [-0.2, 0) is 16.0 Å². The Morgan fingerprint density at radius 2 is 1.67 bits per heavy atom. The number of nitrogens with zero attached hydrogens (tertiary/aromatic N) is 2. The first-order valence-electron chi connectivity index (χ1n) is 7.98. The number of carbonyl (C=O) groups is 2. The Hall–Kier alpha value is -2.69. The molecule has 0 radical (unpaired) electrons. The van der Waals surface area contributed by atoms with Crippen LogP contribution in [0.1, 0.15) is 18.9 Å². The van der Waals surface area contributed by atoms with Crippen LogP contribution >= 0.6 is 0 Å². The van der Waals surface area contributed by atoms with E-state index in [4.69, 9.17) is 0 Å². The summed E-state index contributed by atoms with van der Waals surface area (Å²) in [5.41, 5.74) is 2.12. The molecule has 1 aliphatic heterocycles. The Balaban J connectivity index is 1.90. The highest BCUT2D eigenvalue weighted by Gasteiger charge is 2.26. The molecule has 0 aliphatic carbocycles. The Morgan fingerprint density at radius 3 is 2.33 bits per heavy atom. The van der Waals surface area contributed by atoms with Crippen molar-refractivity contribution in [1.29, 1.82) is 0 Å². The summed E-state index contributed by atoms with van der Waals surface area (Å²) in [5, 5.41) is 0. The fourth-order valence-electron chi connectivity index (χ4n) is 3.05. The summed E-state index contributed by atoms with van der Waals surface area (Å²) in [6.07, 6.45) is 0.829. The molecule has 5 heteroatoms. The van der Waals surface area contributed by atoms with Crippen LogP contribution in [0.5, 0.6) is 0 Å². The summed E-state index contributed by atoms with van der Waals surface area (Å²) >= 11 is 0. The highest BCUT2D eigenvalue weighted by atomic mass is 19.1. The number of hydrogen-bond acceptors (Lipinski definition) is 2. The lowest BCUT2D eigenvalue weighted by Gasteiger charge is -2.25. The lowest BCUT2D eigenvalue weighted by molar-refractivity contribution is -0.118. The minimum Gasteiger partial charge on any atom is -0.311 e. The van der Waals surface area contributed by atoms with E-state index in [1.807, 2.05) is 24.3 Å². The largest absolute Gasteiger partial charge is 0.311 e. The lowest BCUT2D eigenvalue weighted by atomic mass is 10.1. The number of para-hydroxylation sites is 2. The molecule has 124 valence electrons. The standard InChI is InChI=1S/C19H19FN2O2/c1-14(23)21-10-5-11-22(18-9-3-2-8-17(18)21)19(24)13-15-6-4-7-16(20)12-15/h2-4,6-9,12H,5,10-11,13H2,1H3.